The van der Waals surface area contributed by atoms with Crippen LogP contribution in [0.1, 0.15) is 19.0 Å². The van der Waals surface area contributed by atoms with Crippen LogP contribution in [0.25, 0.3) is 0 Å². The van der Waals surface area contributed by atoms with Gasteiger partial charge in [-0.1, -0.05) is 6.92 Å². The zero-order valence-electron chi connectivity index (χ0n) is 16.1. The van der Waals surface area contributed by atoms with Gasteiger partial charge < -0.3 is 25.8 Å². The molecule has 0 aliphatic carbocycles. The second-order valence-electron chi connectivity index (χ2n) is 7.25. The molecule has 2 aliphatic heterocycles. The lowest BCUT2D eigenvalue weighted by Gasteiger charge is -2.35. The number of hydrogen-bond acceptors (Lipinski definition) is 8. The first-order chi connectivity index (χ1) is 13.2. The van der Waals surface area contributed by atoms with Gasteiger partial charge in [-0.15, -0.1) is 0 Å². The van der Waals surface area contributed by atoms with Crippen molar-refractivity contribution in [3.63, 3.8) is 0 Å². The lowest BCUT2D eigenvalue weighted by Crippen LogP contribution is -2.46. The maximum absolute atomic E-state index is 4.81. The Morgan fingerprint density at radius 2 is 2.00 bits per heavy atom. The number of nitrogens with zero attached hydrogens (tertiary/aromatic N) is 5. The van der Waals surface area contributed by atoms with Gasteiger partial charge in [-0.3, -0.25) is 5.10 Å². The summed E-state index contributed by atoms with van der Waals surface area (Å²) in [6, 6.07) is 4.36. The first kappa shape index (κ1) is 18.0. The molecular formula is C18H29N9. The molecule has 0 radical (unpaired) electrons. The maximum atomic E-state index is 4.81. The van der Waals surface area contributed by atoms with Gasteiger partial charge in [0.15, 0.2) is 5.82 Å². The molecule has 2 fully saturated rings. The number of rotatable bonds is 6. The van der Waals surface area contributed by atoms with E-state index in [4.69, 9.17) is 4.98 Å². The highest BCUT2D eigenvalue weighted by Crippen LogP contribution is 2.23. The van der Waals surface area contributed by atoms with Crippen LogP contribution in [0.4, 0.5) is 23.4 Å². The summed E-state index contributed by atoms with van der Waals surface area (Å²) in [6.07, 6.45) is 1.09. The van der Waals surface area contributed by atoms with E-state index in [2.05, 4.69) is 47.9 Å². The molecule has 2 aliphatic rings. The molecule has 4 rings (SSSR count). The number of aromatic amines is 1. The van der Waals surface area contributed by atoms with Crippen LogP contribution in [0.5, 0.6) is 0 Å². The van der Waals surface area contributed by atoms with Crippen molar-refractivity contribution in [1.29, 1.82) is 0 Å². The normalized spacial score (nSPS) is 20.8. The Bertz CT molecular complexity index is 745. The van der Waals surface area contributed by atoms with Crippen LogP contribution in [-0.4, -0.2) is 76.9 Å². The molecule has 0 spiro atoms. The van der Waals surface area contributed by atoms with E-state index in [-0.39, 0.29) is 0 Å². The van der Waals surface area contributed by atoms with Crippen molar-refractivity contribution < 1.29 is 0 Å². The van der Waals surface area contributed by atoms with Crippen molar-refractivity contribution >= 4 is 23.4 Å². The molecule has 0 unspecified atom stereocenters. The number of aryl methyl sites for hydroxylation is 1. The molecule has 2 saturated heterocycles. The zero-order chi connectivity index (χ0) is 18.6. The van der Waals surface area contributed by atoms with Gasteiger partial charge in [-0.2, -0.15) is 15.1 Å². The van der Waals surface area contributed by atoms with E-state index in [1.165, 1.54) is 0 Å². The molecule has 0 saturated carbocycles. The molecule has 0 bridgehead atoms. The van der Waals surface area contributed by atoms with Gasteiger partial charge in [0.25, 0.3) is 0 Å². The van der Waals surface area contributed by atoms with E-state index in [1.54, 1.807) is 0 Å². The average molecular weight is 371 g/mol. The zero-order valence-corrected chi connectivity index (χ0v) is 16.1. The summed E-state index contributed by atoms with van der Waals surface area (Å²) in [7, 11) is 0. The Labute approximate surface area is 159 Å². The van der Waals surface area contributed by atoms with Crippen molar-refractivity contribution in [3.05, 3.63) is 17.8 Å². The summed E-state index contributed by atoms with van der Waals surface area (Å²) < 4.78 is 0. The first-order valence-electron chi connectivity index (χ1n) is 9.82. The summed E-state index contributed by atoms with van der Waals surface area (Å²) in [5, 5.41) is 17.4. The molecule has 0 aromatic carbocycles. The second-order valence-corrected chi connectivity index (χ2v) is 7.25. The van der Waals surface area contributed by atoms with E-state index < -0.39 is 0 Å². The summed E-state index contributed by atoms with van der Waals surface area (Å²) in [6.45, 7) is 11.4. The fraction of sp³-hybridized carbons (Fsp3) is 0.611. The summed E-state index contributed by atoms with van der Waals surface area (Å²) in [5.74, 6) is 3.16. The number of likely N-dealkylation sites (N-methyl/N-ethyl adjacent to an activating group) is 1. The van der Waals surface area contributed by atoms with Crippen LogP contribution < -0.4 is 20.9 Å². The van der Waals surface area contributed by atoms with E-state index in [9.17, 15) is 0 Å². The predicted molar refractivity (Wildman–Crippen MR) is 108 cm³/mol. The Morgan fingerprint density at radius 1 is 1.15 bits per heavy atom. The van der Waals surface area contributed by atoms with Gasteiger partial charge in [0.2, 0.25) is 5.95 Å². The predicted octanol–water partition coefficient (Wildman–Crippen LogP) is 1.17. The second kappa shape index (κ2) is 8.10. The molecule has 0 amide bonds. The smallest absolute Gasteiger partial charge is 0.226 e. The topological polar surface area (TPSA) is 97.0 Å². The van der Waals surface area contributed by atoms with Gasteiger partial charge in [0, 0.05) is 56.6 Å². The minimum absolute atomic E-state index is 0.373. The number of nitrogens with one attached hydrogen (secondary N) is 4. The third kappa shape index (κ3) is 4.48. The number of anilines is 4. The van der Waals surface area contributed by atoms with Crippen LogP contribution in [0.3, 0.4) is 0 Å². The minimum Gasteiger partial charge on any atom is -0.354 e. The fourth-order valence-electron chi connectivity index (χ4n) is 3.59. The quantitative estimate of drug-likeness (QED) is 0.601. The van der Waals surface area contributed by atoms with E-state index >= 15 is 0 Å². The summed E-state index contributed by atoms with van der Waals surface area (Å²) >= 11 is 0. The van der Waals surface area contributed by atoms with E-state index in [0.29, 0.717) is 12.0 Å². The van der Waals surface area contributed by atoms with Gasteiger partial charge in [-0.05, 0) is 26.4 Å². The number of H-pyrrole nitrogens is 1. The minimum atomic E-state index is 0.373. The molecular weight excluding hydrogens is 342 g/mol. The largest absolute Gasteiger partial charge is 0.354 e. The molecule has 4 N–H and O–H groups in total. The van der Waals surface area contributed by atoms with Crippen LogP contribution in [0.2, 0.25) is 0 Å². The van der Waals surface area contributed by atoms with Crippen molar-refractivity contribution in [2.24, 2.45) is 0 Å². The lowest BCUT2D eigenvalue weighted by atomic mass is 10.3. The number of hydrogen-bond donors (Lipinski definition) is 4. The maximum Gasteiger partial charge on any atom is 0.226 e. The van der Waals surface area contributed by atoms with Gasteiger partial charge in [-0.25, -0.2) is 0 Å². The Balaban J connectivity index is 1.55. The van der Waals surface area contributed by atoms with E-state index in [0.717, 1.165) is 75.4 Å². The van der Waals surface area contributed by atoms with Crippen LogP contribution in [-0.2, 0) is 0 Å². The summed E-state index contributed by atoms with van der Waals surface area (Å²) in [4.78, 5) is 14.3. The van der Waals surface area contributed by atoms with E-state index in [1.807, 2.05) is 19.1 Å². The standard InChI is InChI=1S/C18H29N9/c1-3-26-6-8-27(9-7-26)17-11-15(21-16-10-13(2)24-25-16)22-18(23-17)20-14-4-5-19-12-14/h10-11,14,19H,3-9,12H2,1-2H3,(H3,20,21,22,23,24,25)/t14-/m0/s1. The van der Waals surface area contributed by atoms with Crippen molar-refractivity contribution in [1.82, 2.24) is 30.4 Å². The summed E-state index contributed by atoms with van der Waals surface area (Å²) in [5.41, 5.74) is 1.01. The van der Waals surface area contributed by atoms with Crippen molar-refractivity contribution in [2.75, 3.05) is 61.3 Å². The molecule has 4 heterocycles. The Kier molecular flexibility index (Phi) is 5.40. The molecule has 1 atom stereocenters. The highest BCUT2D eigenvalue weighted by atomic mass is 15.3. The highest BCUT2D eigenvalue weighted by molar-refractivity contribution is 5.60. The third-order valence-electron chi connectivity index (χ3n) is 5.21. The molecule has 9 heteroatoms. The molecule has 27 heavy (non-hydrogen) atoms. The van der Waals surface area contributed by atoms with Crippen LogP contribution in [0, 0.1) is 6.92 Å². The third-order valence-corrected chi connectivity index (χ3v) is 5.21. The van der Waals surface area contributed by atoms with Crippen LogP contribution in [0.15, 0.2) is 12.1 Å². The van der Waals surface area contributed by atoms with Crippen molar-refractivity contribution in [3.8, 4) is 0 Å². The lowest BCUT2D eigenvalue weighted by molar-refractivity contribution is 0.270. The fourth-order valence-corrected chi connectivity index (χ4v) is 3.59. The number of piperazine rings is 1. The Hall–Kier alpha value is -2.39. The SMILES string of the molecule is CCN1CCN(c2cc(Nc3cc(C)[nH]n3)nc(N[C@H]3CCNC3)n2)CC1. The van der Waals surface area contributed by atoms with Crippen LogP contribution >= 0.6 is 0 Å². The average Bonchev–Trinajstić information content (AvgIpc) is 3.33. The first-order valence-corrected chi connectivity index (χ1v) is 9.82. The molecule has 146 valence electrons. The molecule has 9 nitrogen and oxygen atoms in total. The monoisotopic (exact) mass is 371 g/mol. The van der Waals surface area contributed by atoms with Crippen molar-refractivity contribution in [2.45, 2.75) is 26.3 Å². The highest BCUT2D eigenvalue weighted by Gasteiger charge is 2.20. The van der Waals surface area contributed by atoms with Gasteiger partial charge in [0.05, 0.1) is 0 Å². The van der Waals surface area contributed by atoms with Gasteiger partial charge in [0.1, 0.15) is 11.6 Å². The molecule has 2 aromatic heterocycles. The Morgan fingerprint density at radius 3 is 2.67 bits per heavy atom. The number of aromatic nitrogens is 4. The molecule has 2 aromatic rings. The van der Waals surface area contributed by atoms with Gasteiger partial charge >= 0.3 is 0 Å².